The molecule has 0 amide bonds. The molecule has 0 spiro atoms. The van der Waals surface area contributed by atoms with Crippen LogP contribution in [0.4, 0.5) is 5.82 Å². The van der Waals surface area contributed by atoms with E-state index >= 15 is 0 Å². The minimum Gasteiger partial charge on any atom is -0.367 e. The van der Waals surface area contributed by atoms with Gasteiger partial charge >= 0.3 is 5.69 Å². The molecule has 0 unspecified atom stereocenters. The van der Waals surface area contributed by atoms with Crippen LogP contribution in [-0.2, 0) is 0 Å². The first-order chi connectivity index (χ1) is 13.3. The monoisotopic (exact) mass is 359 g/mol. The van der Waals surface area contributed by atoms with Crippen LogP contribution in [0.2, 0.25) is 0 Å². The molecule has 1 fully saturated rings. The molecule has 3 heterocycles. The zero-order valence-corrected chi connectivity index (χ0v) is 14.9. The summed E-state index contributed by atoms with van der Waals surface area (Å²) in [6.07, 6.45) is 5.66. The van der Waals surface area contributed by atoms with Gasteiger partial charge in [-0.25, -0.2) is 14.8 Å². The number of pyridine rings is 2. The highest BCUT2D eigenvalue weighted by Crippen LogP contribution is 2.30. The van der Waals surface area contributed by atoms with Crippen molar-refractivity contribution in [1.29, 1.82) is 0 Å². The number of aromatic amines is 1. The summed E-state index contributed by atoms with van der Waals surface area (Å²) in [6, 6.07) is 16.6. The highest BCUT2D eigenvalue weighted by Gasteiger charge is 2.25. The largest absolute Gasteiger partial charge is 0.367 e. The summed E-state index contributed by atoms with van der Waals surface area (Å²) in [5.74, 6) is 0.920. The molecule has 3 aromatic heterocycles. The maximum absolute atomic E-state index is 12.4. The van der Waals surface area contributed by atoms with Gasteiger partial charge in [-0.3, -0.25) is 4.57 Å². The standard InChI is InChI=1S/C21H21N5O/c27-21-25-18-6-3-13-22-20(18)26(21)16-10-8-15(9-11-16)23-19-12-7-14-4-1-2-5-17(14)24-19/h1-7,12-13,15-16H,8-11H2,(H,23,24)(H,25,27)/t15-,16-. The third kappa shape index (κ3) is 2.97. The fourth-order valence-electron chi connectivity index (χ4n) is 4.13. The Kier molecular flexibility index (Phi) is 3.89. The second-order valence-electron chi connectivity index (χ2n) is 7.21. The number of nitrogens with zero attached hydrogens (tertiary/aromatic N) is 3. The van der Waals surface area contributed by atoms with E-state index in [1.54, 1.807) is 6.20 Å². The molecule has 1 aliphatic rings. The Morgan fingerprint density at radius 2 is 1.85 bits per heavy atom. The molecule has 1 aliphatic carbocycles. The topological polar surface area (TPSA) is 75.6 Å². The van der Waals surface area contributed by atoms with Gasteiger partial charge in [0, 0.05) is 23.7 Å². The molecule has 0 aliphatic heterocycles. The zero-order chi connectivity index (χ0) is 18.2. The number of fused-ring (bicyclic) bond motifs is 2. The molecular weight excluding hydrogens is 338 g/mol. The van der Waals surface area contributed by atoms with Crippen LogP contribution in [0.5, 0.6) is 0 Å². The van der Waals surface area contributed by atoms with E-state index in [-0.39, 0.29) is 11.7 Å². The number of nitrogens with one attached hydrogen (secondary N) is 2. The lowest BCUT2D eigenvalue weighted by atomic mass is 9.91. The average Bonchev–Trinajstić information content (AvgIpc) is 3.04. The Morgan fingerprint density at radius 1 is 1.00 bits per heavy atom. The molecule has 4 aromatic rings. The molecule has 0 radical (unpaired) electrons. The van der Waals surface area contributed by atoms with Crippen molar-refractivity contribution < 1.29 is 0 Å². The Morgan fingerprint density at radius 3 is 2.74 bits per heavy atom. The fraction of sp³-hybridized carbons (Fsp3) is 0.286. The van der Waals surface area contributed by atoms with Crippen LogP contribution in [0.25, 0.3) is 22.1 Å². The van der Waals surface area contributed by atoms with Crippen molar-refractivity contribution in [1.82, 2.24) is 19.5 Å². The number of H-pyrrole nitrogens is 1. The van der Waals surface area contributed by atoms with E-state index in [4.69, 9.17) is 4.98 Å². The van der Waals surface area contributed by atoms with Gasteiger partial charge in [0.2, 0.25) is 0 Å². The molecule has 0 saturated heterocycles. The van der Waals surface area contributed by atoms with Crippen molar-refractivity contribution >= 4 is 27.9 Å². The molecule has 1 aromatic carbocycles. The molecule has 0 bridgehead atoms. The molecule has 6 heteroatoms. The first kappa shape index (κ1) is 16.1. The SMILES string of the molecule is O=c1[nH]c2cccnc2n1[C@H]1CC[C@H](Nc2ccc3ccccc3n2)CC1. The van der Waals surface area contributed by atoms with E-state index < -0.39 is 0 Å². The van der Waals surface area contributed by atoms with Gasteiger partial charge in [0.05, 0.1) is 11.0 Å². The van der Waals surface area contributed by atoms with Crippen molar-refractivity contribution in [3.05, 3.63) is 65.2 Å². The minimum atomic E-state index is -0.0590. The quantitative estimate of drug-likeness (QED) is 0.582. The predicted molar refractivity (Wildman–Crippen MR) is 107 cm³/mol. The predicted octanol–water partition coefficient (Wildman–Crippen LogP) is 3.87. The molecule has 27 heavy (non-hydrogen) atoms. The van der Waals surface area contributed by atoms with Gasteiger partial charge in [0.25, 0.3) is 0 Å². The van der Waals surface area contributed by atoms with E-state index in [9.17, 15) is 4.79 Å². The van der Waals surface area contributed by atoms with Crippen molar-refractivity contribution in [3.63, 3.8) is 0 Å². The Balaban J connectivity index is 1.31. The van der Waals surface area contributed by atoms with Gasteiger partial charge in [-0.2, -0.15) is 0 Å². The lowest BCUT2D eigenvalue weighted by molar-refractivity contribution is 0.333. The minimum absolute atomic E-state index is 0.0590. The van der Waals surface area contributed by atoms with Crippen molar-refractivity contribution in [3.8, 4) is 0 Å². The van der Waals surface area contributed by atoms with Gasteiger partial charge in [-0.15, -0.1) is 0 Å². The summed E-state index contributed by atoms with van der Waals surface area (Å²) >= 11 is 0. The first-order valence-electron chi connectivity index (χ1n) is 9.45. The molecule has 136 valence electrons. The van der Waals surface area contributed by atoms with Gasteiger partial charge in [0.1, 0.15) is 5.82 Å². The Bertz CT molecular complexity index is 1150. The third-order valence-electron chi connectivity index (χ3n) is 5.49. The average molecular weight is 359 g/mol. The van der Waals surface area contributed by atoms with Crippen LogP contribution < -0.4 is 11.0 Å². The zero-order valence-electron chi connectivity index (χ0n) is 14.9. The second-order valence-corrected chi connectivity index (χ2v) is 7.21. The molecular formula is C21H21N5O. The van der Waals surface area contributed by atoms with Crippen LogP contribution in [0.1, 0.15) is 31.7 Å². The van der Waals surface area contributed by atoms with Crippen molar-refractivity contribution in [2.75, 3.05) is 5.32 Å². The van der Waals surface area contributed by atoms with Crippen molar-refractivity contribution in [2.24, 2.45) is 0 Å². The number of anilines is 1. The molecule has 5 rings (SSSR count). The number of para-hydroxylation sites is 1. The molecule has 0 atom stereocenters. The lowest BCUT2D eigenvalue weighted by Gasteiger charge is -2.30. The van der Waals surface area contributed by atoms with Crippen molar-refractivity contribution in [2.45, 2.75) is 37.8 Å². The highest BCUT2D eigenvalue weighted by molar-refractivity contribution is 5.80. The Hall–Kier alpha value is -3.15. The van der Waals surface area contributed by atoms with Gasteiger partial charge in [-0.1, -0.05) is 18.2 Å². The van der Waals surface area contributed by atoms with E-state index in [1.165, 1.54) is 0 Å². The summed E-state index contributed by atoms with van der Waals surface area (Å²) in [5, 5.41) is 4.72. The van der Waals surface area contributed by atoms with Crippen LogP contribution in [-0.4, -0.2) is 25.6 Å². The van der Waals surface area contributed by atoms with Gasteiger partial charge in [0.15, 0.2) is 5.65 Å². The Labute approximate surface area is 156 Å². The number of imidazole rings is 1. The van der Waals surface area contributed by atoms with Gasteiger partial charge in [-0.05, 0) is 56.0 Å². The van der Waals surface area contributed by atoms with Crippen LogP contribution in [0.15, 0.2) is 59.5 Å². The summed E-state index contributed by atoms with van der Waals surface area (Å²) in [4.78, 5) is 24.4. The van der Waals surface area contributed by atoms with E-state index in [2.05, 4.69) is 27.4 Å². The highest BCUT2D eigenvalue weighted by atomic mass is 16.1. The van der Waals surface area contributed by atoms with Crippen LogP contribution >= 0.6 is 0 Å². The van der Waals surface area contributed by atoms with Gasteiger partial charge < -0.3 is 10.3 Å². The number of hydrogen-bond acceptors (Lipinski definition) is 4. The molecule has 1 saturated carbocycles. The van der Waals surface area contributed by atoms with Crippen LogP contribution in [0, 0.1) is 0 Å². The number of aromatic nitrogens is 4. The van der Waals surface area contributed by atoms with E-state index in [0.717, 1.165) is 53.6 Å². The third-order valence-corrected chi connectivity index (χ3v) is 5.49. The lowest BCUT2D eigenvalue weighted by Crippen LogP contribution is -2.31. The van der Waals surface area contributed by atoms with E-state index in [1.807, 2.05) is 41.0 Å². The molecule has 2 N–H and O–H groups in total. The summed E-state index contributed by atoms with van der Waals surface area (Å²) in [6.45, 7) is 0. The maximum atomic E-state index is 12.4. The van der Waals surface area contributed by atoms with Crippen LogP contribution in [0.3, 0.4) is 0 Å². The summed E-state index contributed by atoms with van der Waals surface area (Å²) in [5.41, 5.74) is 2.52. The first-order valence-corrected chi connectivity index (χ1v) is 9.45. The fourth-order valence-corrected chi connectivity index (χ4v) is 4.13. The number of benzene rings is 1. The summed E-state index contributed by atoms with van der Waals surface area (Å²) < 4.78 is 1.83. The second kappa shape index (κ2) is 6.54. The smallest absolute Gasteiger partial charge is 0.327 e. The summed E-state index contributed by atoms with van der Waals surface area (Å²) in [7, 11) is 0. The van der Waals surface area contributed by atoms with E-state index in [0.29, 0.717) is 6.04 Å². The normalized spacial score (nSPS) is 20.1. The number of hydrogen-bond donors (Lipinski definition) is 2. The maximum Gasteiger partial charge on any atom is 0.327 e. The molecule has 6 nitrogen and oxygen atoms in total. The number of rotatable bonds is 3.